The zero-order valence-corrected chi connectivity index (χ0v) is 8.35. The highest BCUT2D eigenvalue weighted by Crippen LogP contribution is 2.10. The van der Waals surface area contributed by atoms with Gasteiger partial charge >= 0.3 is 6.98 Å². The van der Waals surface area contributed by atoms with Crippen LogP contribution in [0.5, 0.6) is 0 Å². The fourth-order valence-corrected chi connectivity index (χ4v) is 1.43. The summed E-state index contributed by atoms with van der Waals surface area (Å²) in [6.45, 7) is -4.36. The summed E-state index contributed by atoms with van der Waals surface area (Å²) in [7, 11) is 0. The maximum atomic E-state index is 12.3. The first-order chi connectivity index (χ1) is 7.55. The summed E-state index contributed by atoms with van der Waals surface area (Å²) >= 11 is 0. The van der Waals surface area contributed by atoms with Crippen LogP contribution in [0.1, 0.15) is 5.56 Å². The van der Waals surface area contributed by atoms with Crippen molar-refractivity contribution in [2.75, 3.05) is 0 Å². The van der Waals surface area contributed by atoms with Crippen LogP contribution in [0.15, 0.2) is 43.0 Å². The number of halogens is 3. The minimum Gasteiger partial charge on any atom is -0.445 e. The van der Waals surface area contributed by atoms with Gasteiger partial charge in [-0.1, -0.05) is 24.3 Å². The summed E-state index contributed by atoms with van der Waals surface area (Å²) < 4.78 is 38.8. The van der Waals surface area contributed by atoms with E-state index in [1.807, 2.05) is 0 Å². The smallest absolute Gasteiger partial charge is 0.445 e. The van der Waals surface area contributed by atoms with Crippen LogP contribution in [0.3, 0.4) is 0 Å². The molecule has 16 heavy (non-hydrogen) atoms. The number of imidazole rings is 1. The van der Waals surface area contributed by atoms with Gasteiger partial charge in [0.15, 0.2) is 0 Å². The normalized spacial score (nSPS) is 11.7. The van der Waals surface area contributed by atoms with Crippen LogP contribution in [-0.2, 0) is 6.54 Å². The third kappa shape index (κ3) is 2.45. The van der Waals surface area contributed by atoms with Crippen molar-refractivity contribution < 1.29 is 12.9 Å². The fraction of sp³-hybridized carbons (Fsp3) is 0.100. The van der Waals surface area contributed by atoms with Crippen molar-refractivity contribution in [3.8, 4) is 0 Å². The van der Waals surface area contributed by atoms with E-state index in [1.165, 1.54) is 12.1 Å². The van der Waals surface area contributed by atoms with E-state index in [9.17, 15) is 12.9 Å². The lowest BCUT2D eigenvalue weighted by molar-refractivity contribution is 0.501. The fourth-order valence-electron chi connectivity index (χ4n) is 1.43. The van der Waals surface area contributed by atoms with Crippen molar-refractivity contribution in [3.05, 3.63) is 48.5 Å². The quantitative estimate of drug-likeness (QED) is 0.730. The number of nitrogens with zero attached hydrogens (tertiary/aromatic N) is 2. The molecule has 0 saturated heterocycles. The predicted octanol–water partition coefficient (Wildman–Crippen LogP) is 1.99. The number of benzene rings is 1. The average molecular weight is 225 g/mol. The molecule has 0 fully saturated rings. The van der Waals surface area contributed by atoms with Gasteiger partial charge in [0, 0.05) is 18.9 Å². The minimum atomic E-state index is -4.89. The third-order valence-corrected chi connectivity index (χ3v) is 2.28. The Morgan fingerprint density at radius 3 is 2.31 bits per heavy atom. The van der Waals surface area contributed by atoms with Gasteiger partial charge in [-0.15, -0.1) is 5.46 Å². The Hall–Kier alpha value is -1.72. The maximum absolute atomic E-state index is 12.3. The Balaban J connectivity index is 2.14. The molecule has 1 heterocycles. The van der Waals surface area contributed by atoms with Crippen molar-refractivity contribution in [1.82, 2.24) is 9.55 Å². The Bertz CT molecular complexity index is 448. The molecule has 2 nitrogen and oxygen atoms in total. The highest BCUT2D eigenvalue weighted by molar-refractivity contribution is 6.73. The second-order valence-electron chi connectivity index (χ2n) is 3.55. The van der Waals surface area contributed by atoms with Crippen molar-refractivity contribution in [1.29, 1.82) is 0 Å². The molecule has 0 amide bonds. The van der Waals surface area contributed by atoms with Crippen molar-refractivity contribution in [3.63, 3.8) is 0 Å². The van der Waals surface area contributed by atoms with Crippen LogP contribution >= 0.6 is 0 Å². The number of aromatic nitrogens is 2. The minimum absolute atomic E-state index is 0.533. The third-order valence-electron chi connectivity index (χ3n) is 2.28. The van der Waals surface area contributed by atoms with Gasteiger partial charge in [-0.05, 0) is 5.56 Å². The van der Waals surface area contributed by atoms with Crippen LogP contribution < -0.4 is 5.46 Å². The lowest BCUT2D eigenvalue weighted by Gasteiger charge is -2.14. The van der Waals surface area contributed by atoms with Crippen LogP contribution in [0.25, 0.3) is 0 Å². The summed E-state index contributed by atoms with van der Waals surface area (Å²) in [5, 5.41) is 0. The van der Waals surface area contributed by atoms with Crippen molar-refractivity contribution in [2.24, 2.45) is 0 Å². The molecule has 0 saturated carbocycles. The molecule has 1 aromatic heterocycles. The van der Waals surface area contributed by atoms with E-state index in [0.717, 1.165) is 17.7 Å². The summed E-state index contributed by atoms with van der Waals surface area (Å²) in [6, 6.07) is 5.22. The molecule has 0 aliphatic carbocycles. The molecule has 0 N–H and O–H groups in total. The summed E-state index contributed by atoms with van der Waals surface area (Å²) in [6.07, 6.45) is 5.02. The van der Waals surface area contributed by atoms with E-state index in [0.29, 0.717) is 6.54 Å². The molecule has 6 heteroatoms. The van der Waals surface area contributed by atoms with E-state index in [4.69, 9.17) is 0 Å². The predicted molar refractivity (Wildman–Crippen MR) is 56.5 cm³/mol. The Morgan fingerprint density at radius 2 is 1.81 bits per heavy atom. The molecule has 0 bridgehead atoms. The second-order valence-corrected chi connectivity index (χ2v) is 3.55. The molecular weight excluding hydrogens is 216 g/mol. The van der Waals surface area contributed by atoms with Gasteiger partial charge in [-0.25, -0.2) is 4.98 Å². The first kappa shape index (κ1) is 10.8. The van der Waals surface area contributed by atoms with Gasteiger partial charge in [0.1, 0.15) is 0 Å². The molecule has 84 valence electrons. The monoisotopic (exact) mass is 225 g/mol. The number of hydrogen-bond donors (Lipinski definition) is 0. The van der Waals surface area contributed by atoms with Crippen LogP contribution in [0.4, 0.5) is 12.9 Å². The van der Waals surface area contributed by atoms with Crippen LogP contribution in [-0.4, -0.2) is 16.5 Å². The molecule has 1 aromatic carbocycles. The van der Waals surface area contributed by atoms with E-state index < -0.39 is 12.4 Å². The standard InChI is InChI=1S/C10H9BF3N2/c12-11(13,14)10-3-1-9(2-4-10)7-16-6-5-15-8-16/h1-6,8H,7H2/q-1. The molecule has 0 aliphatic rings. The molecule has 0 atom stereocenters. The number of hydrogen-bond acceptors (Lipinski definition) is 1. The van der Waals surface area contributed by atoms with Gasteiger partial charge in [0.2, 0.25) is 0 Å². The van der Waals surface area contributed by atoms with Gasteiger partial charge in [0.05, 0.1) is 6.33 Å². The zero-order chi connectivity index (χ0) is 11.6. The highest BCUT2D eigenvalue weighted by atomic mass is 19.4. The molecule has 2 aromatic rings. The van der Waals surface area contributed by atoms with Gasteiger partial charge in [-0.2, -0.15) is 0 Å². The Labute approximate surface area is 90.8 Å². The van der Waals surface area contributed by atoms with Crippen LogP contribution in [0, 0.1) is 0 Å². The first-order valence-electron chi connectivity index (χ1n) is 4.80. The largest absolute Gasteiger partial charge is 0.509 e. The molecule has 2 rings (SSSR count). The molecule has 0 aliphatic heterocycles. The average Bonchev–Trinajstić information content (AvgIpc) is 2.70. The van der Waals surface area contributed by atoms with E-state index >= 15 is 0 Å². The summed E-state index contributed by atoms with van der Waals surface area (Å²) in [5.41, 5.74) is 0.260. The van der Waals surface area contributed by atoms with Crippen LogP contribution in [0.2, 0.25) is 0 Å². The molecule has 0 unspecified atom stereocenters. The molecule has 0 spiro atoms. The molecule has 0 radical (unpaired) electrons. The Kier molecular flexibility index (Phi) is 2.72. The van der Waals surface area contributed by atoms with Gasteiger partial charge in [-0.3, -0.25) is 0 Å². The van der Waals surface area contributed by atoms with Crippen molar-refractivity contribution >= 4 is 12.4 Å². The number of rotatable bonds is 3. The summed E-state index contributed by atoms with van der Waals surface area (Å²) in [4.78, 5) is 3.86. The second kappa shape index (κ2) is 4.04. The van der Waals surface area contributed by atoms with Gasteiger partial charge < -0.3 is 17.5 Å². The highest BCUT2D eigenvalue weighted by Gasteiger charge is 2.24. The lowest BCUT2D eigenvalue weighted by atomic mass is 9.80. The van der Waals surface area contributed by atoms with E-state index in [-0.39, 0.29) is 0 Å². The molecular formula is C10H9BF3N2-. The van der Waals surface area contributed by atoms with E-state index in [2.05, 4.69) is 4.98 Å². The van der Waals surface area contributed by atoms with Crippen molar-refractivity contribution in [2.45, 2.75) is 6.54 Å². The summed E-state index contributed by atoms with van der Waals surface area (Å²) in [5.74, 6) is 0. The topological polar surface area (TPSA) is 17.8 Å². The first-order valence-corrected chi connectivity index (χ1v) is 4.80. The Morgan fingerprint density at radius 1 is 1.12 bits per heavy atom. The van der Waals surface area contributed by atoms with E-state index in [1.54, 1.807) is 23.3 Å². The van der Waals surface area contributed by atoms with Gasteiger partial charge in [0.25, 0.3) is 0 Å². The lowest BCUT2D eigenvalue weighted by Crippen LogP contribution is -2.33. The SMILES string of the molecule is F[B-](F)(F)c1ccc(Cn2ccnc2)cc1. The maximum Gasteiger partial charge on any atom is 0.509 e. The zero-order valence-electron chi connectivity index (χ0n) is 8.35.